The number of hydrogen-bond donors (Lipinski definition) is 1. The molecule has 26 heavy (non-hydrogen) atoms. The Morgan fingerprint density at radius 3 is 2.46 bits per heavy atom. The number of carbonyl (C=O) groups excluding carboxylic acids is 2. The van der Waals surface area contributed by atoms with Crippen molar-refractivity contribution in [2.24, 2.45) is 0 Å². The highest BCUT2D eigenvalue weighted by atomic mass is 16.6. The standard InChI is InChI=1S/C20H27NO5/c1-20(2,3)26-19(23)21-13-14-24-15-16-25-18(22)12-8-7-11-17-9-5-4-6-10-17/h4-12H,13-16H2,1-3H3,(H,21,23)/b11-7+,12-8+. The SMILES string of the molecule is CC(C)(C)OC(=O)NCCOCCOC(=O)/C=C/C=C/c1ccccc1. The van der Waals surface area contributed by atoms with E-state index in [1.54, 1.807) is 32.9 Å². The molecular weight excluding hydrogens is 334 g/mol. The third kappa shape index (κ3) is 11.9. The minimum atomic E-state index is -0.525. The first-order valence-corrected chi connectivity index (χ1v) is 8.48. The molecule has 1 rings (SSSR count). The molecule has 6 heteroatoms. The maximum absolute atomic E-state index is 11.5. The zero-order valence-corrected chi connectivity index (χ0v) is 15.6. The van der Waals surface area contributed by atoms with Crippen molar-refractivity contribution in [3.8, 4) is 0 Å². The van der Waals surface area contributed by atoms with Crippen LogP contribution in [0, 0.1) is 0 Å². The van der Waals surface area contributed by atoms with E-state index in [1.807, 2.05) is 36.4 Å². The van der Waals surface area contributed by atoms with E-state index >= 15 is 0 Å². The number of nitrogens with one attached hydrogen (secondary N) is 1. The molecule has 1 aromatic rings. The molecule has 0 aliphatic heterocycles. The first kappa shape index (κ1) is 21.4. The van der Waals surface area contributed by atoms with Gasteiger partial charge in [0.25, 0.3) is 0 Å². The minimum Gasteiger partial charge on any atom is -0.460 e. The zero-order valence-electron chi connectivity index (χ0n) is 15.6. The van der Waals surface area contributed by atoms with Crippen molar-refractivity contribution in [2.75, 3.05) is 26.4 Å². The number of allylic oxidation sites excluding steroid dienone is 2. The smallest absolute Gasteiger partial charge is 0.407 e. The number of rotatable bonds is 9. The Morgan fingerprint density at radius 1 is 1.04 bits per heavy atom. The van der Waals surface area contributed by atoms with Crippen LogP contribution in [-0.4, -0.2) is 44.0 Å². The van der Waals surface area contributed by atoms with E-state index in [4.69, 9.17) is 14.2 Å². The second-order valence-electron chi connectivity index (χ2n) is 6.34. The minimum absolute atomic E-state index is 0.151. The van der Waals surface area contributed by atoms with Gasteiger partial charge in [-0.15, -0.1) is 0 Å². The molecule has 1 N–H and O–H groups in total. The molecule has 0 saturated carbocycles. The average Bonchev–Trinajstić information content (AvgIpc) is 2.57. The first-order valence-electron chi connectivity index (χ1n) is 8.48. The van der Waals surface area contributed by atoms with E-state index in [0.29, 0.717) is 13.2 Å². The number of esters is 1. The van der Waals surface area contributed by atoms with E-state index in [-0.39, 0.29) is 13.2 Å². The molecule has 0 aliphatic rings. The molecule has 142 valence electrons. The van der Waals surface area contributed by atoms with Gasteiger partial charge < -0.3 is 19.5 Å². The number of carbonyl (C=O) groups is 2. The molecule has 0 saturated heterocycles. The van der Waals surface area contributed by atoms with Gasteiger partial charge in [-0.1, -0.05) is 48.6 Å². The normalized spacial score (nSPS) is 11.7. The molecule has 1 amide bonds. The molecule has 0 aromatic heterocycles. The Bertz CT molecular complexity index is 602. The van der Waals surface area contributed by atoms with Crippen LogP contribution < -0.4 is 5.32 Å². The summed E-state index contributed by atoms with van der Waals surface area (Å²) in [4.78, 5) is 22.9. The van der Waals surface area contributed by atoms with Crippen LogP contribution in [0.15, 0.2) is 48.6 Å². The topological polar surface area (TPSA) is 73.9 Å². The van der Waals surface area contributed by atoms with Gasteiger partial charge in [-0.3, -0.25) is 0 Å². The van der Waals surface area contributed by atoms with Crippen molar-refractivity contribution >= 4 is 18.1 Å². The summed E-state index contributed by atoms with van der Waals surface area (Å²) in [6, 6.07) is 9.77. The maximum atomic E-state index is 11.5. The number of ether oxygens (including phenoxy) is 3. The number of hydrogen-bond acceptors (Lipinski definition) is 5. The van der Waals surface area contributed by atoms with E-state index < -0.39 is 17.7 Å². The van der Waals surface area contributed by atoms with Gasteiger partial charge in [0.05, 0.1) is 13.2 Å². The van der Waals surface area contributed by atoms with E-state index in [2.05, 4.69) is 5.32 Å². The summed E-state index contributed by atoms with van der Waals surface area (Å²) in [6.45, 7) is 6.43. The fraction of sp³-hybridized carbons (Fsp3) is 0.400. The van der Waals surface area contributed by atoms with Crippen molar-refractivity contribution < 1.29 is 23.8 Å². The summed E-state index contributed by atoms with van der Waals surface area (Å²) < 4.78 is 15.3. The van der Waals surface area contributed by atoms with Crippen molar-refractivity contribution in [2.45, 2.75) is 26.4 Å². The Balaban J connectivity index is 2.03. The Morgan fingerprint density at radius 2 is 1.77 bits per heavy atom. The van der Waals surface area contributed by atoms with Crippen molar-refractivity contribution in [1.29, 1.82) is 0 Å². The van der Waals surface area contributed by atoms with Crippen LogP contribution in [0.25, 0.3) is 6.08 Å². The van der Waals surface area contributed by atoms with Gasteiger partial charge in [-0.25, -0.2) is 9.59 Å². The second-order valence-corrected chi connectivity index (χ2v) is 6.34. The Labute approximate surface area is 154 Å². The van der Waals surface area contributed by atoms with Gasteiger partial charge >= 0.3 is 12.1 Å². The fourth-order valence-corrected chi connectivity index (χ4v) is 1.76. The maximum Gasteiger partial charge on any atom is 0.407 e. The van der Waals surface area contributed by atoms with Gasteiger partial charge in [-0.2, -0.15) is 0 Å². The first-order chi connectivity index (χ1) is 12.4. The van der Waals surface area contributed by atoms with Gasteiger partial charge in [0.15, 0.2) is 0 Å². The summed E-state index contributed by atoms with van der Waals surface area (Å²) in [5.74, 6) is -0.432. The Kier molecular flexibility index (Phi) is 9.79. The van der Waals surface area contributed by atoms with Crippen LogP contribution in [-0.2, 0) is 19.0 Å². The summed E-state index contributed by atoms with van der Waals surface area (Å²) in [5.41, 5.74) is 0.530. The molecule has 0 spiro atoms. The van der Waals surface area contributed by atoms with Crippen LogP contribution in [0.4, 0.5) is 4.79 Å². The van der Waals surface area contributed by atoms with Crippen LogP contribution in [0.1, 0.15) is 26.3 Å². The van der Waals surface area contributed by atoms with Crippen LogP contribution >= 0.6 is 0 Å². The number of alkyl carbamates (subject to hydrolysis) is 1. The van der Waals surface area contributed by atoms with Gasteiger partial charge in [0.2, 0.25) is 0 Å². The zero-order chi connectivity index (χ0) is 19.3. The highest BCUT2D eigenvalue weighted by Crippen LogP contribution is 2.06. The van der Waals surface area contributed by atoms with E-state index in [0.717, 1.165) is 5.56 Å². The van der Waals surface area contributed by atoms with Crippen LogP contribution in [0.2, 0.25) is 0 Å². The summed E-state index contributed by atoms with van der Waals surface area (Å²) in [7, 11) is 0. The molecule has 0 unspecified atom stereocenters. The average molecular weight is 361 g/mol. The molecule has 0 radical (unpaired) electrons. The highest BCUT2D eigenvalue weighted by molar-refractivity contribution is 5.82. The molecule has 0 atom stereocenters. The molecule has 1 aromatic carbocycles. The molecule has 0 fully saturated rings. The van der Waals surface area contributed by atoms with Gasteiger partial charge in [0, 0.05) is 12.6 Å². The predicted molar refractivity (Wildman–Crippen MR) is 101 cm³/mol. The predicted octanol–water partition coefficient (Wildman–Crippen LogP) is 3.34. The highest BCUT2D eigenvalue weighted by Gasteiger charge is 2.15. The lowest BCUT2D eigenvalue weighted by molar-refractivity contribution is -0.139. The van der Waals surface area contributed by atoms with E-state index in [1.165, 1.54) is 6.08 Å². The molecule has 0 heterocycles. The number of amides is 1. The monoisotopic (exact) mass is 361 g/mol. The van der Waals surface area contributed by atoms with Gasteiger partial charge in [-0.05, 0) is 26.3 Å². The summed E-state index contributed by atoms with van der Waals surface area (Å²) in [5, 5.41) is 2.57. The van der Waals surface area contributed by atoms with E-state index in [9.17, 15) is 9.59 Å². The summed E-state index contributed by atoms with van der Waals surface area (Å²) >= 11 is 0. The number of benzene rings is 1. The van der Waals surface area contributed by atoms with Crippen molar-refractivity contribution in [3.05, 3.63) is 54.1 Å². The molecule has 0 aliphatic carbocycles. The molecule has 0 bridgehead atoms. The lowest BCUT2D eigenvalue weighted by Gasteiger charge is -2.19. The quantitative estimate of drug-likeness (QED) is 0.316. The van der Waals surface area contributed by atoms with Gasteiger partial charge in [0.1, 0.15) is 12.2 Å². The fourth-order valence-electron chi connectivity index (χ4n) is 1.76. The van der Waals surface area contributed by atoms with Crippen molar-refractivity contribution in [3.63, 3.8) is 0 Å². The lowest BCUT2D eigenvalue weighted by Crippen LogP contribution is -2.34. The molecular formula is C20H27NO5. The van der Waals surface area contributed by atoms with Crippen LogP contribution in [0.5, 0.6) is 0 Å². The summed E-state index contributed by atoms with van der Waals surface area (Å²) in [6.07, 6.45) is 6.16. The Hall–Kier alpha value is -2.60. The van der Waals surface area contributed by atoms with Crippen LogP contribution in [0.3, 0.4) is 0 Å². The third-order valence-electron chi connectivity index (χ3n) is 2.82. The second kappa shape index (κ2) is 11.9. The third-order valence-corrected chi connectivity index (χ3v) is 2.82. The largest absolute Gasteiger partial charge is 0.460 e. The lowest BCUT2D eigenvalue weighted by atomic mass is 10.2. The van der Waals surface area contributed by atoms with Crippen molar-refractivity contribution in [1.82, 2.24) is 5.32 Å². The molecule has 6 nitrogen and oxygen atoms in total.